The molecule has 0 radical (unpaired) electrons. The van der Waals surface area contributed by atoms with Gasteiger partial charge in [0.25, 0.3) is 0 Å². The fraction of sp³-hybridized carbons (Fsp3) is 0.308. The quantitative estimate of drug-likeness (QED) is 0.906. The zero-order valence-corrected chi connectivity index (χ0v) is 10.2. The molecule has 0 saturated heterocycles. The monoisotopic (exact) mass is 251 g/mol. The first-order chi connectivity index (χ1) is 8.63. The second-order valence-electron chi connectivity index (χ2n) is 4.15. The molecule has 2 rings (SSSR count). The molecule has 0 spiro atoms. The minimum Gasteiger partial charge on any atom is -0.396 e. The summed E-state index contributed by atoms with van der Waals surface area (Å²) in [5.41, 5.74) is 6.54. The first-order valence-corrected chi connectivity index (χ1v) is 5.90. The molecule has 1 aromatic heterocycles. The first kappa shape index (κ1) is 12.5. The van der Waals surface area contributed by atoms with Crippen LogP contribution in [0.4, 0.5) is 14.5 Å². The van der Waals surface area contributed by atoms with Gasteiger partial charge in [-0.3, -0.25) is 4.68 Å². The molecule has 0 saturated carbocycles. The lowest BCUT2D eigenvalue weighted by Gasteiger charge is -2.01. The van der Waals surface area contributed by atoms with Crippen molar-refractivity contribution in [2.75, 3.05) is 5.73 Å². The van der Waals surface area contributed by atoms with Gasteiger partial charge in [-0.05, 0) is 18.6 Å². The van der Waals surface area contributed by atoms with Gasteiger partial charge in [-0.25, -0.2) is 8.78 Å². The highest BCUT2D eigenvalue weighted by Gasteiger charge is 2.15. The highest BCUT2D eigenvalue weighted by molar-refractivity contribution is 5.72. The Bertz CT molecular complexity index is 549. The Labute approximate surface area is 104 Å². The van der Waals surface area contributed by atoms with Crippen molar-refractivity contribution >= 4 is 5.69 Å². The Balaban J connectivity index is 2.38. The summed E-state index contributed by atoms with van der Waals surface area (Å²) in [6.07, 6.45) is 3.64. The van der Waals surface area contributed by atoms with Crippen LogP contribution in [0.2, 0.25) is 0 Å². The average molecular weight is 251 g/mol. The molecule has 1 aromatic carbocycles. The second-order valence-corrected chi connectivity index (χ2v) is 4.15. The number of aryl methyl sites for hydroxylation is 1. The Morgan fingerprint density at radius 2 is 2.11 bits per heavy atom. The van der Waals surface area contributed by atoms with E-state index in [0.29, 0.717) is 11.4 Å². The number of benzene rings is 1. The van der Waals surface area contributed by atoms with E-state index in [1.54, 1.807) is 10.9 Å². The molecule has 96 valence electrons. The SMILES string of the molecule is CCCCn1cc(N)c(-c2cccc(F)c2F)n1. The zero-order valence-electron chi connectivity index (χ0n) is 10.2. The maximum Gasteiger partial charge on any atom is 0.168 e. The molecule has 5 heteroatoms. The smallest absolute Gasteiger partial charge is 0.168 e. The van der Waals surface area contributed by atoms with E-state index in [4.69, 9.17) is 5.73 Å². The van der Waals surface area contributed by atoms with Crippen LogP contribution in [-0.2, 0) is 6.54 Å². The number of hydrogen-bond donors (Lipinski definition) is 1. The van der Waals surface area contributed by atoms with Gasteiger partial charge in [-0.15, -0.1) is 0 Å². The predicted octanol–water partition coefficient (Wildman–Crippen LogP) is 3.21. The summed E-state index contributed by atoms with van der Waals surface area (Å²) < 4.78 is 28.5. The maximum atomic E-state index is 13.6. The number of aromatic nitrogens is 2. The van der Waals surface area contributed by atoms with Gasteiger partial charge in [0.1, 0.15) is 5.69 Å². The van der Waals surface area contributed by atoms with E-state index in [1.165, 1.54) is 12.1 Å². The van der Waals surface area contributed by atoms with E-state index in [0.717, 1.165) is 25.5 Å². The van der Waals surface area contributed by atoms with Crippen molar-refractivity contribution in [3.63, 3.8) is 0 Å². The number of hydrogen-bond acceptors (Lipinski definition) is 2. The number of nitrogen functional groups attached to an aromatic ring is 1. The number of rotatable bonds is 4. The Kier molecular flexibility index (Phi) is 3.60. The summed E-state index contributed by atoms with van der Waals surface area (Å²) in [4.78, 5) is 0. The molecule has 0 fully saturated rings. The molecule has 1 heterocycles. The lowest BCUT2D eigenvalue weighted by Crippen LogP contribution is -1.98. The molecule has 0 unspecified atom stereocenters. The predicted molar refractivity (Wildman–Crippen MR) is 66.9 cm³/mol. The second kappa shape index (κ2) is 5.16. The van der Waals surface area contributed by atoms with Crippen molar-refractivity contribution in [3.8, 4) is 11.3 Å². The van der Waals surface area contributed by atoms with Crippen LogP contribution in [0.1, 0.15) is 19.8 Å². The minimum atomic E-state index is -0.912. The van der Waals surface area contributed by atoms with Crippen molar-refractivity contribution in [3.05, 3.63) is 36.0 Å². The van der Waals surface area contributed by atoms with Crippen LogP contribution >= 0.6 is 0 Å². The van der Waals surface area contributed by atoms with Crippen molar-refractivity contribution in [2.45, 2.75) is 26.3 Å². The van der Waals surface area contributed by atoms with Gasteiger partial charge in [-0.1, -0.05) is 19.4 Å². The van der Waals surface area contributed by atoms with E-state index in [-0.39, 0.29) is 5.56 Å². The Hall–Kier alpha value is -1.91. The molecular weight excluding hydrogens is 236 g/mol. The third-order valence-electron chi connectivity index (χ3n) is 2.74. The van der Waals surface area contributed by atoms with Gasteiger partial charge in [0.15, 0.2) is 11.6 Å². The summed E-state index contributed by atoms with van der Waals surface area (Å²) in [5.74, 6) is -1.81. The highest BCUT2D eigenvalue weighted by Crippen LogP contribution is 2.27. The van der Waals surface area contributed by atoms with Gasteiger partial charge in [0.05, 0.1) is 5.69 Å². The van der Waals surface area contributed by atoms with Crippen LogP contribution in [0.5, 0.6) is 0 Å². The van der Waals surface area contributed by atoms with Crippen LogP contribution in [0.15, 0.2) is 24.4 Å². The first-order valence-electron chi connectivity index (χ1n) is 5.90. The zero-order chi connectivity index (χ0) is 13.1. The number of anilines is 1. The lowest BCUT2D eigenvalue weighted by molar-refractivity contribution is 0.510. The molecule has 0 aliphatic carbocycles. The summed E-state index contributed by atoms with van der Waals surface area (Å²) in [5, 5.41) is 4.20. The molecule has 2 aromatic rings. The van der Waals surface area contributed by atoms with Crippen LogP contribution in [0.25, 0.3) is 11.3 Å². The number of unbranched alkanes of at least 4 members (excludes halogenated alkanes) is 1. The summed E-state index contributed by atoms with van der Waals surface area (Å²) >= 11 is 0. The topological polar surface area (TPSA) is 43.8 Å². The van der Waals surface area contributed by atoms with E-state index in [1.807, 2.05) is 0 Å². The fourth-order valence-corrected chi connectivity index (χ4v) is 1.77. The normalized spacial score (nSPS) is 10.8. The molecule has 0 aliphatic rings. The highest BCUT2D eigenvalue weighted by atomic mass is 19.2. The standard InChI is InChI=1S/C13H15F2N3/c1-2-3-7-18-8-11(16)13(17-18)9-5-4-6-10(14)12(9)15/h4-6,8H,2-3,7,16H2,1H3. The van der Waals surface area contributed by atoms with Gasteiger partial charge in [0, 0.05) is 18.3 Å². The third-order valence-corrected chi connectivity index (χ3v) is 2.74. The van der Waals surface area contributed by atoms with E-state index < -0.39 is 11.6 Å². The van der Waals surface area contributed by atoms with Crippen molar-refractivity contribution in [1.82, 2.24) is 9.78 Å². The summed E-state index contributed by atoms with van der Waals surface area (Å²) in [6, 6.07) is 3.99. The lowest BCUT2D eigenvalue weighted by atomic mass is 10.1. The molecule has 0 bridgehead atoms. The van der Waals surface area contributed by atoms with Crippen LogP contribution in [-0.4, -0.2) is 9.78 Å². The summed E-state index contributed by atoms with van der Waals surface area (Å²) in [7, 11) is 0. The van der Waals surface area contributed by atoms with Gasteiger partial charge in [-0.2, -0.15) is 5.10 Å². The van der Waals surface area contributed by atoms with Crippen molar-refractivity contribution < 1.29 is 8.78 Å². The molecule has 18 heavy (non-hydrogen) atoms. The molecule has 0 aliphatic heterocycles. The molecular formula is C13H15F2N3. The van der Waals surface area contributed by atoms with Gasteiger partial charge in [0.2, 0.25) is 0 Å². The van der Waals surface area contributed by atoms with Crippen LogP contribution < -0.4 is 5.73 Å². The van der Waals surface area contributed by atoms with Crippen LogP contribution in [0, 0.1) is 11.6 Å². The van der Waals surface area contributed by atoms with Crippen molar-refractivity contribution in [2.24, 2.45) is 0 Å². The number of halogens is 2. The van der Waals surface area contributed by atoms with Crippen LogP contribution in [0.3, 0.4) is 0 Å². The van der Waals surface area contributed by atoms with Gasteiger partial charge < -0.3 is 5.73 Å². The maximum absolute atomic E-state index is 13.6. The third kappa shape index (κ3) is 2.34. The largest absolute Gasteiger partial charge is 0.396 e. The Morgan fingerprint density at radius 1 is 1.33 bits per heavy atom. The minimum absolute atomic E-state index is 0.0998. The molecule has 0 amide bonds. The summed E-state index contributed by atoms with van der Waals surface area (Å²) in [6.45, 7) is 2.79. The van der Waals surface area contributed by atoms with Gasteiger partial charge >= 0.3 is 0 Å². The van der Waals surface area contributed by atoms with E-state index >= 15 is 0 Å². The Morgan fingerprint density at radius 3 is 2.83 bits per heavy atom. The number of nitrogens with zero attached hydrogens (tertiary/aromatic N) is 2. The van der Waals surface area contributed by atoms with E-state index in [2.05, 4.69) is 12.0 Å². The number of nitrogens with two attached hydrogens (primary N) is 1. The molecule has 0 atom stereocenters. The van der Waals surface area contributed by atoms with E-state index in [9.17, 15) is 8.78 Å². The molecule has 2 N–H and O–H groups in total. The van der Waals surface area contributed by atoms with Crippen molar-refractivity contribution in [1.29, 1.82) is 0 Å². The fourth-order valence-electron chi connectivity index (χ4n) is 1.77. The average Bonchev–Trinajstić information content (AvgIpc) is 2.71. The molecule has 3 nitrogen and oxygen atoms in total.